The number of nitrogens with one attached hydrogen (secondary N) is 1. The van der Waals surface area contributed by atoms with E-state index in [0.29, 0.717) is 22.9 Å². The maximum atomic E-state index is 12.8. The third-order valence-corrected chi connectivity index (χ3v) is 5.55. The molecule has 0 bridgehead atoms. The van der Waals surface area contributed by atoms with E-state index in [0.717, 1.165) is 5.56 Å². The molecule has 0 saturated heterocycles. The minimum absolute atomic E-state index is 0.133. The van der Waals surface area contributed by atoms with E-state index in [4.69, 9.17) is 9.84 Å². The van der Waals surface area contributed by atoms with Gasteiger partial charge >= 0.3 is 5.97 Å². The normalized spacial score (nSPS) is 11.4. The molecule has 3 aromatic carbocycles. The molecule has 0 saturated carbocycles. The molecule has 140 valence electrons. The smallest absolute Gasteiger partial charge is 0.341 e. The molecule has 6 nitrogen and oxygen atoms in total. The standard InChI is InChI=1S/C20H19NO5S/c22-20(23)14-26-18-10-4-9-17-16(18)8-5-11-19(17)27(24,25)21-13-12-15-6-2-1-3-7-15/h1-11,21H,12-14H2,(H,22,23). The van der Waals surface area contributed by atoms with Crippen molar-refractivity contribution < 1.29 is 23.1 Å². The summed E-state index contributed by atoms with van der Waals surface area (Å²) >= 11 is 0. The van der Waals surface area contributed by atoms with Gasteiger partial charge in [0.25, 0.3) is 0 Å². The van der Waals surface area contributed by atoms with Crippen LogP contribution in [0.5, 0.6) is 5.75 Å². The highest BCUT2D eigenvalue weighted by Crippen LogP contribution is 2.30. The highest BCUT2D eigenvalue weighted by Gasteiger charge is 2.18. The minimum atomic E-state index is -3.73. The zero-order chi connectivity index (χ0) is 19.3. The summed E-state index contributed by atoms with van der Waals surface area (Å²) in [5.41, 5.74) is 1.04. The summed E-state index contributed by atoms with van der Waals surface area (Å²) in [6.45, 7) is -0.219. The number of aliphatic carboxylic acids is 1. The number of hydrogen-bond acceptors (Lipinski definition) is 4. The van der Waals surface area contributed by atoms with Crippen LogP contribution in [-0.4, -0.2) is 32.6 Å². The number of benzene rings is 3. The number of ether oxygens (including phenoxy) is 1. The molecule has 0 spiro atoms. The summed E-state index contributed by atoms with van der Waals surface area (Å²) in [6, 6.07) is 19.4. The number of carboxylic acids is 1. The molecule has 0 amide bonds. The monoisotopic (exact) mass is 385 g/mol. The quantitative estimate of drug-likeness (QED) is 0.622. The van der Waals surface area contributed by atoms with Gasteiger partial charge in [-0.05, 0) is 24.1 Å². The number of fused-ring (bicyclic) bond motifs is 1. The number of rotatable bonds is 8. The first-order valence-electron chi connectivity index (χ1n) is 8.37. The molecule has 7 heteroatoms. The lowest BCUT2D eigenvalue weighted by Crippen LogP contribution is -2.26. The highest BCUT2D eigenvalue weighted by molar-refractivity contribution is 7.89. The largest absolute Gasteiger partial charge is 0.481 e. The van der Waals surface area contributed by atoms with Crippen LogP contribution in [-0.2, 0) is 21.2 Å². The lowest BCUT2D eigenvalue weighted by atomic mass is 10.1. The van der Waals surface area contributed by atoms with Gasteiger partial charge in [-0.15, -0.1) is 0 Å². The van der Waals surface area contributed by atoms with Crippen molar-refractivity contribution >= 4 is 26.8 Å². The van der Waals surface area contributed by atoms with Gasteiger partial charge in [0.2, 0.25) is 10.0 Å². The second kappa shape index (κ2) is 8.20. The summed E-state index contributed by atoms with van der Waals surface area (Å²) < 4.78 is 33.4. The Kier molecular flexibility index (Phi) is 5.73. The van der Waals surface area contributed by atoms with Crippen LogP contribution < -0.4 is 9.46 Å². The fraction of sp³-hybridized carbons (Fsp3) is 0.150. The van der Waals surface area contributed by atoms with Crippen molar-refractivity contribution in [1.82, 2.24) is 4.72 Å². The summed E-state index contributed by atoms with van der Waals surface area (Å²) in [7, 11) is -3.73. The van der Waals surface area contributed by atoms with Crippen LogP contribution in [0.3, 0.4) is 0 Å². The van der Waals surface area contributed by atoms with E-state index in [1.54, 1.807) is 30.3 Å². The van der Waals surface area contributed by atoms with Crippen molar-refractivity contribution in [3.63, 3.8) is 0 Å². The Bertz CT molecular complexity index is 1050. The Labute approximate surface area is 157 Å². The van der Waals surface area contributed by atoms with Crippen LogP contribution in [0.4, 0.5) is 0 Å². The summed E-state index contributed by atoms with van der Waals surface area (Å²) in [5.74, 6) is -0.769. The molecule has 0 aliphatic carbocycles. The predicted molar refractivity (Wildman–Crippen MR) is 102 cm³/mol. The molecule has 27 heavy (non-hydrogen) atoms. The molecule has 0 fully saturated rings. The third kappa shape index (κ3) is 4.64. The van der Waals surface area contributed by atoms with E-state index >= 15 is 0 Å². The Morgan fingerprint density at radius 2 is 1.63 bits per heavy atom. The van der Waals surface area contributed by atoms with Gasteiger partial charge in [-0.1, -0.05) is 54.6 Å². The van der Waals surface area contributed by atoms with E-state index in [2.05, 4.69) is 4.72 Å². The van der Waals surface area contributed by atoms with Crippen molar-refractivity contribution in [1.29, 1.82) is 0 Å². The molecule has 0 aliphatic heterocycles. The van der Waals surface area contributed by atoms with E-state index < -0.39 is 22.6 Å². The fourth-order valence-corrected chi connectivity index (χ4v) is 4.06. The van der Waals surface area contributed by atoms with Gasteiger partial charge in [-0.25, -0.2) is 17.9 Å². The molecule has 3 aromatic rings. The molecule has 0 radical (unpaired) electrons. The zero-order valence-electron chi connectivity index (χ0n) is 14.5. The number of carbonyl (C=O) groups is 1. The first-order valence-corrected chi connectivity index (χ1v) is 9.85. The molecular formula is C20H19NO5S. The molecule has 0 aliphatic rings. The van der Waals surface area contributed by atoms with Gasteiger partial charge in [0.05, 0.1) is 4.90 Å². The van der Waals surface area contributed by atoms with Crippen molar-refractivity contribution in [2.75, 3.05) is 13.2 Å². The van der Waals surface area contributed by atoms with Crippen LogP contribution in [0.25, 0.3) is 10.8 Å². The van der Waals surface area contributed by atoms with E-state index in [-0.39, 0.29) is 11.4 Å². The summed E-state index contributed by atoms with van der Waals surface area (Å²) in [6.07, 6.45) is 0.581. The first-order chi connectivity index (χ1) is 13.0. The van der Waals surface area contributed by atoms with Gasteiger partial charge < -0.3 is 9.84 Å². The van der Waals surface area contributed by atoms with Crippen molar-refractivity contribution in [3.05, 3.63) is 72.3 Å². The van der Waals surface area contributed by atoms with Gasteiger partial charge in [-0.2, -0.15) is 0 Å². The van der Waals surface area contributed by atoms with Crippen molar-refractivity contribution in [2.24, 2.45) is 0 Å². The SMILES string of the molecule is O=C(O)COc1cccc2c(S(=O)(=O)NCCc3ccccc3)cccc12. The van der Waals surface area contributed by atoms with E-state index in [1.807, 2.05) is 30.3 Å². The Hall–Kier alpha value is -2.90. The Morgan fingerprint density at radius 1 is 0.926 bits per heavy atom. The molecule has 0 aromatic heterocycles. The van der Waals surface area contributed by atoms with Crippen molar-refractivity contribution in [3.8, 4) is 5.75 Å². The Balaban J connectivity index is 1.84. The predicted octanol–water partition coefficient (Wildman–Crippen LogP) is 2.82. The second-order valence-corrected chi connectivity index (χ2v) is 7.66. The second-order valence-electron chi connectivity index (χ2n) is 5.92. The fourth-order valence-electron chi connectivity index (χ4n) is 2.80. The maximum absolute atomic E-state index is 12.8. The lowest BCUT2D eigenvalue weighted by molar-refractivity contribution is -0.139. The summed E-state index contributed by atoms with van der Waals surface area (Å²) in [4.78, 5) is 10.9. The van der Waals surface area contributed by atoms with Crippen LogP contribution in [0.15, 0.2) is 71.6 Å². The molecule has 0 atom stereocenters. The van der Waals surface area contributed by atoms with Crippen LogP contribution in [0, 0.1) is 0 Å². The highest BCUT2D eigenvalue weighted by atomic mass is 32.2. The minimum Gasteiger partial charge on any atom is -0.481 e. The average Bonchev–Trinajstić information content (AvgIpc) is 2.66. The van der Waals surface area contributed by atoms with E-state index in [9.17, 15) is 13.2 Å². The maximum Gasteiger partial charge on any atom is 0.341 e. The zero-order valence-corrected chi connectivity index (χ0v) is 15.3. The van der Waals surface area contributed by atoms with Gasteiger partial charge in [0.15, 0.2) is 6.61 Å². The van der Waals surface area contributed by atoms with E-state index in [1.165, 1.54) is 6.07 Å². The number of hydrogen-bond donors (Lipinski definition) is 2. The molecule has 0 unspecified atom stereocenters. The summed E-state index contributed by atoms with van der Waals surface area (Å²) in [5, 5.41) is 9.82. The lowest BCUT2D eigenvalue weighted by Gasteiger charge is -2.12. The van der Waals surface area contributed by atoms with Gasteiger partial charge in [0.1, 0.15) is 5.75 Å². The van der Waals surface area contributed by atoms with Crippen LogP contribution in [0.1, 0.15) is 5.56 Å². The molecule has 2 N–H and O–H groups in total. The van der Waals surface area contributed by atoms with Crippen molar-refractivity contribution in [2.45, 2.75) is 11.3 Å². The molecular weight excluding hydrogens is 366 g/mol. The Morgan fingerprint density at radius 3 is 2.37 bits per heavy atom. The molecule has 0 heterocycles. The van der Waals surface area contributed by atoms with Gasteiger partial charge in [-0.3, -0.25) is 0 Å². The molecule has 3 rings (SSSR count). The average molecular weight is 385 g/mol. The third-order valence-electron chi connectivity index (χ3n) is 4.03. The van der Waals surface area contributed by atoms with Crippen LogP contribution >= 0.6 is 0 Å². The first kappa shape index (κ1) is 18.9. The van der Waals surface area contributed by atoms with Gasteiger partial charge in [0, 0.05) is 17.3 Å². The number of carboxylic acid groups (broad SMARTS) is 1. The van der Waals surface area contributed by atoms with Crippen LogP contribution in [0.2, 0.25) is 0 Å². The number of sulfonamides is 1. The topological polar surface area (TPSA) is 92.7 Å².